The molecule has 5 aromatic rings. The van der Waals surface area contributed by atoms with Gasteiger partial charge in [0.15, 0.2) is 0 Å². The lowest BCUT2D eigenvalue weighted by Gasteiger charge is -2.10. The maximum absolute atomic E-state index is 5.39. The highest BCUT2D eigenvalue weighted by atomic mass is 16.5. The standard InChI is InChI=1S/C23H17NO/c1-25-19-13-11-16-10-12-18(14-17(16)15-19)24-22-8-4-2-6-20(22)21-7-3-5-9-23(21)24/h2-15H,1H3. The summed E-state index contributed by atoms with van der Waals surface area (Å²) in [5.74, 6) is 0.881. The zero-order chi connectivity index (χ0) is 16.8. The number of aromatic nitrogens is 1. The summed E-state index contributed by atoms with van der Waals surface area (Å²) in [6.07, 6.45) is 0. The molecule has 0 aliphatic carbocycles. The third kappa shape index (κ3) is 2.11. The number of para-hydroxylation sites is 2. The Morgan fingerprint density at radius 3 is 1.96 bits per heavy atom. The molecule has 5 rings (SSSR count). The second-order valence-corrected chi connectivity index (χ2v) is 6.27. The summed E-state index contributed by atoms with van der Waals surface area (Å²) in [6.45, 7) is 0. The monoisotopic (exact) mass is 323 g/mol. The largest absolute Gasteiger partial charge is 0.497 e. The molecule has 0 aliphatic rings. The zero-order valence-electron chi connectivity index (χ0n) is 13.9. The Balaban J connectivity index is 1.86. The smallest absolute Gasteiger partial charge is 0.119 e. The Morgan fingerprint density at radius 1 is 0.640 bits per heavy atom. The second-order valence-electron chi connectivity index (χ2n) is 6.27. The fourth-order valence-corrected chi connectivity index (χ4v) is 3.68. The molecule has 0 N–H and O–H groups in total. The number of fused-ring (bicyclic) bond motifs is 4. The molecule has 0 unspecified atom stereocenters. The summed E-state index contributed by atoms with van der Waals surface area (Å²) >= 11 is 0. The Labute approximate surface area is 145 Å². The molecule has 0 bridgehead atoms. The van der Waals surface area contributed by atoms with Crippen LogP contribution in [0.5, 0.6) is 5.75 Å². The number of benzene rings is 4. The van der Waals surface area contributed by atoms with E-state index in [1.807, 2.05) is 6.07 Å². The van der Waals surface area contributed by atoms with Gasteiger partial charge in [0.2, 0.25) is 0 Å². The van der Waals surface area contributed by atoms with Crippen LogP contribution in [0.3, 0.4) is 0 Å². The van der Waals surface area contributed by atoms with Crippen molar-refractivity contribution in [2.24, 2.45) is 0 Å². The summed E-state index contributed by atoms with van der Waals surface area (Å²) in [5, 5.41) is 4.96. The summed E-state index contributed by atoms with van der Waals surface area (Å²) in [7, 11) is 1.71. The van der Waals surface area contributed by atoms with E-state index in [1.165, 1.54) is 32.6 Å². The van der Waals surface area contributed by atoms with Gasteiger partial charge in [0, 0.05) is 16.5 Å². The molecule has 25 heavy (non-hydrogen) atoms. The van der Waals surface area contributed by atoms with Crippen LogP contribution in [0.15, 0.2) is 84.9 Å². The van der Waals surface area contributed by atoms with Crippen molar-refractivity contribution in [3.63, 3.8) is 0 Å². The number of nitrogens with zero attached hydrogens (tertiary/aromatic N) is 1. The number of ether oxygens (including phenoxy) is 1. The van der Waals surface area contributed by atoms with Gasteiger partial charge in [0.05, 0.1) is 18.1 Å². The molecular formula is C23H17NO. The van der Waals surface area contributed by atoms with E-state index in [0.717, 1.165) is 11.4 Å². The van der Waals surface area contributed by atoms with E-state index in [-0.39, 0.29) is 0 Å². The predicted molar refractivity (Wildman–Crippen MR) is 105 cm³/mol. The molecule has 0 radical (unpaired) electrons. The quantitative estimate of drug-likeness (QED) is 0.392. The summed E-state index contributed by atoms with van der Waals surface area (Å²) in [4.78, 5) is 0. The van der Waals surface area contributed by atoms with Gasteiger partial charge >= 0.3 is 0 Å². The fraction of sp³-hybridized carbons (Fsp3) is 0.0435. The number of hydrogen-bond acceptors (Lipinski definition) is 1. The zero-order valence-corrected chi connectivity index (χ0v) is 13.9. The summed E-state index contributed by atoms with van der Waals surface area (Å²) < 4.78 is 7.72. The lowest BCUT2D eigenvalue weighted by atomic mass is 10.1. The molecule has 0 saturated heterocycles. The van der Waals surface area contributed by atoms with E-state index < -0.39 is 0 Å². The molecule has 0 fully saturated rings. The highest BCUT2D eigenvalue weighted by molar-refractivity contribution is 6.09. The maximum atomic E-state index is 5.39. The summed E-state index contributed by atoms with van der Waals surface area (Å²) in [6, 6.07) is 29.9. The van der Waals surface area contributed by atoms with Gasteiger partial charge in [-0.25, -0.2) is 0 Å². The molecule has 1 aromatic heterocycles. The highest BCUT2D eigenvalue weighted by Crippen LogP contribution is 2.33. The van der Waals surface area contributed by atoms with Crippen molar-refractivity contribution >= 4 is 32.6 Å². The van der Waals surface area contributed by atoms with Crippen molar-refractivity contribution in [3.8, 4) is 11.4 Å². The van der Waals surface area contributed by atoms with Crippen LogP contribution >= 0.6 is 0 Å². The van der Waals surface area contributed by atoms with Gasteiger partial charge < -0.3 is 9.30 Å². The van der Waals surface area contributed by atoms with Gasteiger partial charge in [-0.1, -0.05) is 48.5 Å². The van der Waals surface area contributed by atoms with Crippen molar-refractivity contribution in [2.45, 2.75) is 0 Å². The Kier molecular flexibility index (Phi) is 3.04. The van der Waals surface area contributed by atoms with Gasteiger partial charge in [-0.15, -0.1) is 0 Å². The van der Waals surface area contributed by atoms with Gasteiger partial charge in [-0.05, 0) is 47.2 Å². The van der Waals surface area contributed by atoms with Gasteiger partial charge in [0.25, 0.3) is 0 Å². The molecule has 0 aliphatic heterocycles. The Morgan fingerprint density at radius 2 is 1.28 bits per heavy atom. The normalized spacial score (nSPS) is 11.4. The minimum absolute atomic E-state index is 0.881. The van der Waals surface area contributed by atoms with Crippen molar-refractivity contribution in [1.82, 2.24) is 4.57 Å². The van der Waals surface area contributed by atoms with Gasteiger partial charge in [-0.2, -0.15) is 0 Å². The van der Waals surface area contributed by atoms with Crippen LogP contribution in [0.25, 0.3) is 38.3 Å². The van der Waals surface area contributed by atoms with Crippen LogP contribution in [0, 0.1) is 0 Å². The van der Waals surface area contributed by atoms with E-state index >= 15 is 0 Å². The van der Waals surface area contributed by atoms with Crippen LogP contribution in [0.2, 0.25) is 0 Å². The Hall–Kier alpha value is -3.26. The van der Waals surface area contributed by atoms with Crippen LogP contribution in [-0.2, 0) is 0 Å². The van der Waals surface area contributed by atoms with E-state index in [2.05, 4.69) is 83.4 Å². The fourth-order valence-electron chi connectivity index (χ4n) is 3.68. The molecule has 4 aromatic carbocycles. The minimum atomic E-state index is 0.881. The van der Waals surface area contributed by atoms with E-state index in [0.29, 0.717) is 0 Å². The molecule has 0 amide bonds. The predicted octanol–water partition coefficient (Wildman–Crippen LogP) is 5.95. The maximum Gasteiger partial charge on any atom is 0.119 e. The van der Waals surface area contributed by atoms with Crippen LogP contribution in [0.1, 0.15) is 0 Å². The first-order valence-electron chi connectivity index (χ1n) is 8.41. The van der Waals surface area contributed by atoms with Crippen LogP contribution < -0.4 is 4.74 Å². The van der Waals surface area contributed by atoms with Gasteiger partial charge in [0.1, 0.15) is 5.75 Å². The van der Waals surface area contributed by atoms with Crippen LogP contribution in [0.4, 0.5) is 0 Å². The number of methoxy groups -OCH3 is 1. The Bertz CT molecular complexity index is 1180. The van der Waals surface area contributed by atoms with Crippen molar-refractivity contribution in [1.29, 1.82) is 0 Å². The van der Waals surface area contributed by atoms with Crippen LogP contribution in [-0.4, -0.2) is 11.7 Å². The molecule has 120 valence electrons. The van der Waals surface area contributed by atoms with E-state index in [9.17, 15) is 0 Å². The van der Waals surface area contributed by atoms with Crippen molar-refractivity contribution in [2.75, 3.05) is 7.11 Å². The SMILES string of the molecule is COc1ccc2ccc(-n3c4ccccc4c4ccccc43)cc2c1. The molecule has 2 nitrogen and oxygen atoms in total. The van der Waals surface area contributed by atoms with Crippen molar-refractivity contribution < 1.29 is 4.74 Å². The van der Waals surface area contributed by atoms with Crippen molar-refractivity contribution in [3.05, 3.63) is 84.9 Å². The third-order valence-electron chi connectivity index (χ3n) is 4.87. The van der Waals surface area contributed by atoms with E-state index in [1.54, 1.807) is 7.11 Å². The van der Waals surface area contributed by atoms with Gasteiger partial charge in [-0.3, -0.25) is 0 Å². The first-order valence-corrected chi connectivity index (χ1v) is 8.41. The second kappa shape index (κ2) is 5.38. The third-order valence-corrected chi connectivity index (χ3v) is 4.87. The minimum Gasteiger partial charge on any atom is -0.497 e. The number of hydrogen-bond donors (Lipinski definition) is 0. The first kappa shape index (κ1) is 14.1. The highest BCUT2D eigenvalue weighted by Gasteiger charge is 2.11. The lowest BCUT2D eigenvalue weighted by Crippen LogP contribution is -1.93. The molecule has 2 heteroatoms. The number of rotatable bonds is 2. The molecule has 1 heterocycles. The first-order chi connectivity index (χ1) is 12.3. The average Bonchev–Trinajstić information content (AvgIpc) is 3.01. The molecule has 0 atom stereocenters. The topological polar surface area (TPSA) is 14.2 Å². The molecule has 0 saturated carbocycles. The molecular weight excluding hydrogens is 306 g/mol. The summed E-state index contributed by atoms with van der Waals surface area (Å²) in [5.41, 5.74) is 3.62. The average molecular weight is 323 g/mol. The van der Waals surface area contributed by atoms with E-state index in [4.69, 9.17) is 4.74 Å². The lowest BCUT2D eigenvalue weighted by molar-refractivity contribution is 0.415. The molecule has 0 spiro atoms.